The normalized spacial score (nSPS) is 23.2. The van der Waals surface area contributed by atoms with Crippen molar-refractivity contribution in [3.63, 3.8) is 0 Å². The molecule has 3 aliphatic rings. The van der Waals surface area contributed by atoms with E-state index in [0.717, 1.165) is 35.7 Å². The number of hydrogen-bond donors (Lipinski definition) is 2. The molecule has 2 aromatic heterocycles. The van der Waals surface area contributed by atoms with Crippen molar-refractivity contribution in [2.24, 2.45) is 11.3 Å². The van der Waals surface area contributed by atoms with Gasteiger partial charge in [0.05, 0.1) is 24.4 Å². The number of piperidine rings is 2. The quantitative estimate of drug-likeness (QED) is 0.375. The molecule has 226 valence electrons. The Morgan fingerprint density at radius 2 is 1.83 bits per heavy atom. The predicted octanol–water partition coefficient (Wildman–Crippen LogP) is 5.91. The summed E-state index contributed by atoms with van der Waals surface area (Å²) >= 11 is 0. The van der Waals surface area contributed by atoms with Crippen molar-refractivity contribution in [2.45, 2.75) is 63.6 Å². The van der Waals surface area contributed by atoms with E-state index in [9.17, 15) is 18.0 Å². The highest BCUT2D eigenvalue weighted by Gasteiger charge is 2.36. The maximum Gasteiger partial charge on any atom is 0.433 e. The summed E-state index contributed by atoms with van der Waals surface area (Å²) in [5.41, 5.74) is 0.238. The van der Waals surface area contributed by atoms with Crippen molar-refractivity contribution in [3.8, 4) is 5.75 Å². The SMILES string of the molecule is COc1cc2nn([C@H]3CC[C@H](CN4CCC5(CCNCC5)CC4)CC3)cc2cc1NC(=O)c1cccc(C(F)(F)F)n1. The van der Waals surface area contributed by atoms with E-state index >= 15 is 0 Å². The molecule has 1 spiro atoms. The lowest BCUT2D eigenvalue weighted by atomic mass is 9.71. The lowest BCUT2D eigenvalue weighted by molar-refractivity contribution is -0.141. The number of amides is 1. The minimum Gasteiger partial charge on any atom is -0.494 e. The van der Waals surface area contributed by atoms with Gasteiger partial charge in [0, 0.05) is 24.2 Å². The largest absolute Gasteiger partial charge is 0.494 e. The molecular weight excluding hydrogens is 545 g/mol. The predicted molar refractivity (Wildman–Crippen MR) is 155 cm³/mol. The van der Waals surface area contributed by atoms with Crippen LogP contribution in [0, 0.1) is 11.3 Å². The lowest BCUT2D eigenvalue weighted by Gasteiger charge is -2.45. The summed E-state index contributed by atoms with van der Waals surface area (Å²) in [6.45, 7) is 6.01. The maximum absolute atomic E-state index is 13.1. The van der Waals surface area contributed by atoms with Crippen molar-refractivity contribution in [1.29, 1.82) is 0 Å². The molecule has 0 unspecified atom stereocenters. The smallest absolute Gasteiger partial charge is 0.433 e. The van der Waals surface area contributed by atoms with Crippen molar-refractivity contribution in [3.05, 3.63) is 47.9 Å². The molecule has 2 N–H and O–H groups in total. The van der Waals surface area contributed by atoms with Gasteiger partial charge in [-0.1, -0.05) is 6.07 Å². The van der Waals surface area contributed by atoms with Gasteiger partial charge >= 0.3 is 6.18 Å². The molecule has 0 atom stereocenters. The van der Waals surface area contributed by atoms with Crippen LogP contribution in [0.25, 0.3) is 10.9 Å². The molecule has 0 radical (unpaired) electrons. The van der Waals surface area contributed by atoms with Gasteiger partial charge < -0.3 is 20.3 Å². The van der Waals surface area contributed by atoms with Crippen LogP contribution in [0.3, 0.4) is 0 Å². The fraction of sp³-hybridized carbons (Fsp3) is 0.581. The zero-order chi connectivity index (χ0) is 29.3. The highest BCUT2D eigenvalue weighted by molar-refractivity contribution is 6.05. The minimum atomic E-state index is -4.63. The summed E-state index contributed by atoms with van der Waals surface area (Å²) in [7, 11) is 1.48. The lowest BCUT2D eigenvalue weighted by Crippen LogP contribution is -2.46. The van der Waals surface area contributed by atoms with E-state index in [-0.39, 0.29) is 5.69 Å². The third-order valence-electron chi connectivity index (χ3n) is 9.65. The Bertz CT molecular complexity index is 1400. The van der Waals surface area contributed by atoms with Gasteiger partial charge in [0.1, 0.15) is 17.1 Å². The highest BCUT2D eigenvalue weighted by atomic mass is 19.4. The van der Waals surface area contributed by atoms with Crippen molar-refractivity contribution in [2.75, 3.05) is 45.2 Å². The average molecular weight is 585 g/mol. The topological polar surface area (TPSA) is 84.3 Å². The number of benzene rings is 1. The Hall–Kier alpha value is -3.18. The second-order valence-electron chi connectivity index (χ2n) is 12.3. The first-order chi connectivity index (χ1) is 20.2. The van der Waals surface area contributed by atoms with Crippen molar-refractivity contribution in [1.82, 2.24) is 25.0 Å². The molecule has 1 amide bonds. The van der Waals surface area contributed by atoms with E-state index in [0.29, 0.717) is 22.9 Å². The van der Waals surface area contributed by atoms with Crippen LogP contribution in [0.1, 0.15) is 73.6 Å². The first kappa shape index (κ1) is 28.9. The highest BCUT2D eigenvalue weighted by Crippen LogP contribution is 2.41. The van der Waals surface area contributed by atoms with Crippen molar-refractivity contribution < 1.29 is 22.7 Å². The second kappa shape index (κ2) is 11.8. The van der Waals surface area contributed by atoms with Crippen LogP contribution in [0.2, 0.25) is 0 Å². The van der Waals surface area contributed by atoms with Gasteiger partial charge in [-0.3, -0.25) is 9.48 Å². The molecule has 11 heteroatoms. The Kier molecular flexibility index (Phi) is 8.15. The van der Waals surface area contributed by atoms with Gasteiger partial charge in [-0.25, -0.2) is 4.98 Å². The Morgan fingerprint density at radius 3 is 2.52 bits per heavy atom. The maximum atomic E-state index is 13.1. The van der Waals surface area contributed by atoms with Crippen LogP contribution in [0.5, 0.6) is 5.75 Å². The number of carbonyl (C=O) groups excluding carboxylic acids is 1. The summed E-state index contributed by atoms with van der Waals surface area (Å²) < 4.78 is 46.7. The van der Waals surface area contributed by atoms with Gasteiger partial charge in [-0.05, 0) is 107 Å². The summed E-state index contributed by atoms with van der Waals surface area (Å²) in [4.78, 5) is 19.0. The Balaban J connectivity index is 1.07. The van der Waals surface area contributed by atoms with Gasteiger partial charge in [-0.2, -0.15) is 18.3 Å². The third-order valence-corrected chi connectivity index (χ3v) is 9.65. The second-order valence-corrected chi connectivity index (χ2v) is 12.3. The fourth-order valence-corrected chi connectivity index (χ4v) is 7.05. The molecule has 8 nitrogen and oxygen atoms in total. The van der Waals surface area contributed by atoms with Crippen LogP contribution in [-0.2, 0) is 6.18 Å². The van der Waals surface area contributed by atoms with Crippen molar-refractivity contribution >= 4 is 22.5 Å². The third kappa shape index (κ3) is 6.27. The zero-order valence-electron chi connectivity index (χ0n) is 24.1. The first-order valence-corrected chi connectivity index (χ1v) is 15.1. The fourth-order valence-electron chi connectivity index (χ4n) is 7.05. The summed E-state index contributed by atoms with van der Waals surface area (Å²) in [5.74, 6) is 0.355. The molecule has 4 heterocycles. The first-order valence-electron chi connectivity index (χ1n) is 15.1. The standard InChI is InChI=1S/C31H39F3N6O2/c1-42-27-18-25-22(17-26(27)37-29(41)24-3-2-4-28(36-24)31(32,33)34)20-40(38-25)23-7-5-21(6-8-23)19-39-15-11-30(12-16-39)9-13-35-14-10-30/h2-4,17-18,20-21,23,35H,5-16,19H2,1H3,(H,37,41)/t21-,23-. The van der Waals surface area contributed by atoms with E-state index in [4.69, 9.17) is 9.84 Å². The number of anilines is 1. The number of nitrogens with zero attached hydrogens (tertiary/aromatic N) is 4. The van der Waals surface area contributed by atoms with Gasteiger partial charge in [0.15, 0.2) is 0 Å². The number of alkyl halides is 3. The number of carbonyl (C=O) groups is 1. The van der Waals surface area contributed by atoms with Crippen LogP contribution < -0.4 is 15.4 Å². The number of fused-ring (bicyclic) bond motifs is 1. The summed E-state index contributed by atoms with van der Waals surface area (Å²) in [6, 6.07) is 7.06. The molecule has 1 aromatic carbocycles. The van der Waals surface area contributed by atoms with E-state index < -0.39 is 17.8 Å². The van der Waals surface area contributed by atoms with E-state index in [2.05, 4.69) is 20.5 Å². The summed E-state index contributed by atoms with van der Waals surface area (Å²) in [5, 5.41) is 11.8. The zero-order valence-corrected chi connectivity index (χ0v) is 24.1. The number of rotatable bonds is 6. The average Bonchev–Trinajstić information content (AvgIpc) is 3.41. The van der Waals surface area contributed by atoms with Crippen LogP contribution in [-0.4, -0.2) is 65.4 Å². The number of hydrogen-bond acceptors (Lipinski definition) is 6. The van der Waals surface area contributed by atoms with Crippen LogP contribution in [0.4, 0.5) is 18.9 Å². The molecule has 3 aromatic rings. The van der Waals surface area contributed by atoms with E-state index in [1.165, 1.54) is 90.5 Å². The number of methoxy groups -OCH3 is 1. The van der Waals surface area contributed by atoms with Gasteiger partial charge in [0.2, 0.25) is 0 Å². The number of halogens is 3. The molecule has 1 aliphatic carbocycles. The Morgan fingerprint density at radius 1 is 1.10 bits per heavy atom. The minimum absolute atomic E-state index is 0.311. The number of pyridine rings is 1. The molecule has 2 aliphatic heterocycles. The Labute approximate surface area is 244 Å². The number of aromatic nitrogens is 3. The van der Waals surface area contributed by atoms with E-state index in [1.807, 2.05) is 10.9 Å². The molecule has 2 saturated heterocycles. The molecule has 0 bridgehead atoms. The summed E-state index contributed by atoms with van der Waals surface area (Å²) in [6.07, 6.45) is 7.20. The van der Waals surface area contributed by atoms with Gasteiger partial charge in [0.25, 0.3) is 5.91 Å². The van der Waals surface area contributed by atoms with Crippen LogP contribution in [0.15, 0.2) is 36.5 Å². The number of nitrogens with one attached hydrogen (secondary N) is 2. The molecule has 6 rings (SSSR count). The van der Waals surface area contributed by atoms with Crippen LogP contribution >= 0.6 is 0 Å². The molecule has 3 fully saturated rings. The molecule has 1 saturated carbocycles. The monoisotopic (exact) mass is 584 g/mol. The number of likely N-dealkylation sites (tertiary alicyclic amines) is 1. The molecule has 42 heavy (non-hydrogen) atoms. The molecular formula is C31H39F3N6O2. The number of ether oxygens (including phenoxy) is 1. The van der Waals surface area contributed by atoms with E-state index in [1.54, 1.807) is 12.1 Å². The van der Waals surface area contributed by atoms with Gasteiger partial charge in [-0.15, -0.1) is 0 Å².